The van der Waals surface area contributed by atoms with E-state index in [1.54, 1.807) is 22.7 Å². The third-order valence-electron chi connectivity index (χ3n) is 3.98. The molecule has 0 saturated carbocycles. The molecule has 0 atom stereocenters. The van der Waals surface area contributed by atoms with Crippen LogP contribution >= 0.6 is 22.7 Å². The molecule has 0 bridgehead atoms. The van der Waals surface area contributed by atoms with E-state index in [1.807, 2.05) is 0 Å². The Morgan fingerprint density at radius 2 is 1.85 bits per heavy atom. The molecule has 0 aromatic carbocycles. The maximum absolute atomic E-state index is 5.90. The van der Waals surface area contributed by atoms with Crippen molar-refractivity contribution < 1.29 is 0 Å². The first-order valence-corrected chi connectivity index (χ1v) is 8.25. The van der Waals surface area contributed by atoms with Crippen molar-refractivity contribution in [3.8, 4) is 0 Å². The third-order valence-corrected chi connectivity index (χ3v) is 5.34. The molecule has 5 heteroatoms. The van der Waals surface area contributed by atoms with Crippen molar-refractivity contribution >= 4 is 34.6 Å². The van der Waals surface area contributed by atoms with Crippen molar-refractivity contribution in [3.05, 3.63) is 62.1 Å². The highest BCUT2D eigenvalue weighted by Crippen LogP contribution is 2.43. The molecule has 0 saturated heterocycles. The van der Waals surface area contributed by atoms with Crippen LogP contribution in [-0.2, 0) is 11.8 Å². The van der Waals surface area contributed by atoms with Crippen LogP contribution in [-0.4, -0.2) is 10.2 Å². The average molecular weight is 299 g/mol. The van der Waals surface area contributed by atoms with E-state index in [0.717, 1.165) is 17.7 Å². The van der Waals surface area contributed by atoms with Gasteiger partial charge in [-0.3, -0.25) is 5.10 Å². The predicted molar refractivity (Wildman–Crippen MR) is 85.2 cm³/mol. The molecule has 0 spiro atoms. The number of hydrogen-bond donors (Lipinski definition) is 2. The van der Waals surface area contributed by atoms with Crippen molar-refractivity contribution in [2.24, 2.45) is 0 Å². The number of nitrogens with zero attached hydrogens (tertiary/aromatic N) is 1. The lowest BCUT2D eigenvalue weighted by Gasteiger charge is -2.32. The lowest BCUT2D eigenvalue weighted by molar-refractivity contribution is 0.625. The van der Waals surface area contributed by atoms with Gasteiger partial charge >= 0.3 is 0 Å². The number of anilines is 1. The number of nitrogen functional groups attached to an aromatic ring is 1. The molecule has 3 aromatic rings. The monoisotopic (exact) mass is 299 g/mol. The summed E-state index contributed by atoms with van der Waals surface area (Å²) in [4.78, 5) is 0. The predicted octanol–water partition coefficient (Wildman–Crippen LogP) is 3.67. The zero-order valence-electron chi connectivity index (χ0n) is 10.7. The van der Waals surface area contributed by atoms with Crippen LogP contribution in [0, 0.1) is 0 Å². The van der Waals surface area contributed by atoms with Gasteiger partial charge in [0.25, 0.3) is 0 Å². The minimum absolute atomic E-state index is 0.105. The Bertz CT molecular complexity index is 717. The summed E-state index contributed by atoms with van der Waals surface area (Å²) in [6, 6.07) is 4.41. The number of nitrogens with one attached hydrogen (secondary N) is 1. The van der Waals surface area contributed by atoms with E-state index in [9.17, 15) is 0 Å². The van der Waals surface area contributed by atoms with Crippen LogP contribution in [0.4, 0.5) is 5.82 Å². The molecule has 3 heterocycles. The second-order valence-corrected chi connectivity index (χ2v) is 6.57. The molecule has 0 fully saturated rings. The fourth-order valence-corrected chi connectivity index (χ4v) is 4.37. The van der Waals surface area contributed by atoms with Crippen molar-refractivity contribution in [1.29, 1.82) is 0 Å². The van der Waals surface area contributed by atoms with E-state index in [2.05, 4.69) is 56.0 Å². The third kappa shape index (κ3) is 1.60. The number of H-pyrrole nitrogens is 1. The molecular weight excluding hydrogens is 286 g/mol. The van der Waals surface area contributed by atoms with E-state index in [4.69, 9.17) is 5.73 Å². The lowest BCUT2D eigenvalue weighted by Crippen LogP contribution is -2.29. The summed E-state index contributed by atoms with van der Waals surface area (Å²) in [5, 5.41) is 15.9. The Hall–Kier alpha value is -1.85. The first-order valence-electron chi connectivity index (χ1n) is 6.37. The molecular formula is C15H13N3S2. The molecule has 0 amide bonds. The summed E-state index contributed by atoms with van der Waals surface area (Å²) < 4.78 is 0. The highest BCUT2D eigenvalue weighted by molar-refractivity contribution is 7.08. The summed E-state index contributed by atoms with van der Waals surface area (Å²) in [5.41, 5.74) is 10.6. The second-order valence-electron chi connectivity index (χ2n) is 5.01. The van der Waals surface area contributed by atoms with Gasteiger partial charge in [0.15, 0.2) is 5.82 Å². The fourth-order valence-electron chi connectivity index (χ4n) is 2.89. The largest absolute Gasteiger partial charge is 0.382 e. The summed E-state index contributed by atoms with van der Waals surface area (Å²) in [7, 11) is 0. The molecule has 1 aliphatic carbocycles. The van der Waals surface area contributed by atoms with Gasteiger partial charge < -0.3 is 5.73 Å². The Balaban J connectivity index is 1.92. The molecule has 20 heavy (non-hydrogen) atoms. The highest BCUT2D eigenvalue weighted by Gasteiger charge is 2.36. The number of thiophene rings is 2. The number of allylic oxidation sites excluding steroid dienone is 1. The van der Waals surface area contributed by atoms with E-state index in [0.29, 0.717) is 5.82 Å². The standard InChI is InChI=1S/C15H13N3S2/c16-14-12-1-4-15(7-13(12)17-18-14,10-2-5-19-8-10)11-3-6-20-9-11/h1-6,8-9H,7H2,(H3,16,17,18). The maximum Gasteiger partial charge on any atom is 0.152 e. The van der Waals surface area contributed by atoms with Gasteiger partial charge in [0.1, 0.15) is 0 Å². The molecule has 3 nitrogen and oxygen atoms in total. The molecule has 3 aromatic heterocycles. The SMILES string of the molecule is Nc1n[nH]c2c1C=CC(c1ccsc1)(c1ccsc1)C2. The molecule has 0 unspecified atom stereocenters. The summed E-state index contributed by atoms with van der Waals surface area (Å²) >= 11 is 3.47. The summed E-state index contributed by atoms with van der Waals surface area (Å²) in [6.07, 6.45) is 5.24. The number of nitrogens with two attached hydrogens (primary N) is 1. The Kier molecular flexibility index (Phi) is 2.58. The van der Waals surface area contributed by atoms with Gasteiger partial charge in [0.2, 0.25) is 0 Å². The quantitative estimate of drug-likeness (QED) is 0.758. The van der Waals surface area contributed by atoms with Crippen molar-refractivity contribution in [2.75, 3.05) is 5.73 Å². The fraction of sp³-hybridized carbons (Fsp3) is 0.133. The number of fused-ring (bicyclic) bond motifs is 1. The van der Waals surface area contributed by atoms with Crippen LogP contribution in [0.15, 0.2) is 39.7 Å². The van der Waals surface area contributed by atoms with Crippen LogP contribution in [0.1, 0.15) is 22.4 Å². The molecule has 4 rings (SSSR count). The topological polar surface area (TPSA) is 54.7 Å². The number of rotatable bonds is 2. The van der Waals surface area contributed by atoms with Crippen molar-refractivity contribution in [2.45, 2.75) is 11.8 Å². The van der Waals surface area contributed by atoms with Gasteiger partial charge in [0, 0.05) is 23.1 Å². The van der Waals surface area contributed by atoms with Crippen LogP contribution in [0.2, 0.25) is 0 Å². The first kappa shape index (κ1) is 11.9. The lowest BCUT2D eigenvalue weighted by atomic mass is 9.70. The minimum atomic E-state index is -0.105. The van der Waals surface area contributed by atoms with Gasteiger partial charge in [-0.1, -0.05) is 12.2 Å². The Labute approximate surface area is 124 Å². The first-order chi connectivity index (χ1) is 9.79. The van der Waals surface area contributed by atoms with Gasteiger partial charge in [-0.05, 0) is 44.8 Å². The van der Waals surface area contributed by atoms with Gasteiger partial charge in [-0.15, -0.1) is 0 Å². The number of aromatic nitrogens is 2. The van der Waals surface area contributed by atoms with Crippen LogP contribution in [0.5, 0.6) is 0 Å². The van der Waals surface area contributed by atoms with Crippen molar-refractivity contribution in [1.82, 2.24) is 10.2 Å². The zero-order chi connectivity index (χ0) is 13.6. The maximum atomic E-state index is 5.90. The zero-order valence-corrected chi connectivity index (χ0v) is 12.3. The van der Waals surface area contributed by atoms with Gasteiger partial charge in [-0.25, -0.2) is 0 Å². The normalized spacial score (nSPS) is 16.2. The minimum Gasteiger partial charge on any atom is -0.382 e. The number of hydrogen-bond acceptors (Lipinski definition) is 4. The Morgan fingerprint density at radius 1 is 1.15 bits per heavy atom. The number of aromatic amines is 1. The van der Waals surface area contributed by atoms with Crippen LogP contribution in [0.3, 0.4) is 0 Å². The molecule has 0 radical (unpaired) electrons. The average Bonchev–Trinajstić information content (AvgIpc) is 3.21. The molecule has 3 N–H and O–H groups in total. The van der Waals surface area contributed by atoms with E-state index >= 15 is 0 Å². The highest BCUT2D eigenvalue weighted by atomic mass is 32.1. The summed E-state index contributed by atoms with van der Waals surface area (Å²) in [5.74, 6) is 0.584. The van der Waals surface area contributed by atoms with E-state index in [-0.39, 0.29) is 5.41 Å². The Morgan fingerprint density at radius 3 is 2.45 bits per heavy atom. The van der Waals surface area contributed by atoms with Crippen LogP contribution < -0.4 is 5.73 Å². The smallest absolute Gasteiger partial charge is 0.152 e. The van der Waals surface area contributed by atoms with Gasteiger partial charge in [0.05, 0.1) is 0 Å². The second kappa shape index (κ2) is 4.33. The van der Waals surface area contributed by atoms with E-state index < -0.39 is 0 Å². The molecule has 0 aliphatic heterocycles. The van der Waals surface area contributed by atoms with E-state index in [1.165, 1.54) is 11.1 Å². The molecule has 100 valence electrons. The van der Waals surface area contributed by atoms with Crippen LogP contribution in [0.25, 0.3) is 6.08 Å². The van der Waals surface area contributed by atoms with Crippen molar-refractivity contribution in [3.63, 3.8) is 0 Å². The molecule has 1 aliphatic rings. The van der Waals surface area contributed by atoms with Gasteiger partial charge in [-0.2, -0.15) is 27.8 Å². The summed E-state index contributed by atoms with van der Waals surface area (Å²) in [6.45, 7) is 0.